The van der Waals surface area contributed by atoms with Gasteiger partial charge in [0.15, 0.2) is 11.6 Å². The maximum atomic E-state index is 14.5. The molecule has 1 aromatic heterocycles. The van der Waals surface area contributed by atoms with E-state index >= 15 is 0 Å². The summed E-state index contributed by atoms with van der Waals surface area (Å²) in [6.45, 7) is 0. The van der Waals surface area contributed by atoms with Gasteiger partial charge in [-0.3, -0.25) is 4.79 Å². The molecule has 1 aliphatic rings. The van der Waals surface area contributed by atoms with E-state index in [-0.39, 0.29) is 11.7 Å². The van der Waals surface area contributed by atoms with Gasteiger partial charge in [-0.15, -0.1) is 0 Å². The zero-order valence-electron chi connectivity index (χ0n) is 14.0. The number of methoxy groups -OCH3 is 1. The second-order valence-electron chi connectivity index (χ2n) is 5.83. The van der Waals surface area contributed by atoms with Crippen LogP contribution in [0.1, 0.15) is 5.56 Å². The van der Waals surface area contributed by atoms with E-state index in [1.807, 2.05) is 6.07 Å². The molecule has 1 amide bonds. The third kappa shape index (κ3) is 2.97. The van der Waals surface area contributed by atoms with Crippen LogP contribution in [0.5, 0.6) is 17.4 Å². The van der Waals surface area contributed by atoms with Crippen LogP contribution in [0.25, 0.3) is 11.3 Å². The van der Waals surface area contributed by atoms with Gasteiger partial charge >= 0.3 is 0 Å². The number of rotatable bonds is 4. The molecule has 0 aliphatic carbocycles. The van der Waals surface area contributed by atoms with Crippen LogP contribution in [0.4, 0.5) is 10.1 Å². The first kappa shape index (κ1) is 16.1. The third-order valence-electron chi connectivity index (χ3n) is 4.11. The van der Waals surface area contributed by atoms with Crippen LogP contribution in [0.3, 0.4) is 0 Å². The number of anilines is 1. The number of carbonyl (C=O) groups is 1. The molecule has 0 fully saturated rings. The van der Waals surface area contributed by atoms with Gasteiger partial charge in [0.05, 0.1) is 19.2 Å². The molecule has 2 heterocycles. The molecule has 3 aromatic rings. The summed E-state index contributed by atoms with van der Waals surface area (Å²) in [4.78, 5) is 15.8. The molecule has 4 rings (SSSR count). The van der Waals surface area contributed by atoms with Crippen LogP contribution >= 0.6 is 0 Å². The summed E-state index contributed by atoms with van der Waals surface area (Å²) in [6.07, 6.45) is 0.373. The molecule has 0 bridgehead atoms. The molecular formula is C20H15FN2O3. The fourth-order valence-corrected chi connectivity index (χ4v) is 2.87. The lowest BCUT2D eigenvalue weighted by Crippen LogP contribution is -2.03. The highest BCUT2D eigenvalue weighted by atomic mass is 19.1. The Morgan fingerprint density at radius 3 is 2.81 bits per heavy atom. The SMILES string of the molecule is COc1cccc(-c2cccc(Oc3ccc4c(c3)NC(=O)C4)n2)c1F. The minimum absolute atomic E-state index is 0.0363. The molecule has 0 atom stereocenters. The molecule has 1 N–H and O–H groups in total. The molecule has 1 aliphatic heterocycles. The number of benzene rings is 2. The summed E-state index contributed by atoms with van der Waals surface area (Å²) >= 11 is 0. The van der Waals surface area contributed by atoms with E-state index in [4.69, 9.17) is 9.47 Å². The molecule has 0 saturated heterocycles. The maximum Gasteiger partial charge on any atom is 0.228 e. The number of ether oxygens (including phenoxy) is 2. The zero-order chi connectivity index (χ0) is 18.1. The number of fused-ring (bicyclic) bond motifs is 1. The van der Waals surface area contributed by atoms with E-state index in [9.17, 15) is 9.18 Å². The summed E-state index contributed by atoms with van der Waals surface area (Å²) in [7, 11) is 1.42. The topological polar surface area (TPSA) is 60.5 Å². The van der Waals surface area contributed by atoms with Crippen LogP contribution in [0.2, 0.25) is 0 Å². The average molecular weight is 350 g/mol. The van der Waals surface area contributed by atoms with Crippen LogP contribution in [0.15, 0.2) is 54.6 Å². The summed E-state index contributed by atoms with van der Waals surface area (Å²) < 4.78 is 25.3. The fourth-order valence-electron chi connectivity index (χ4n) is 2.87. The van der Waals surface area contributed by atoms with E-state index in [2.05, 4.69) is 10.3 Å². The third-order valence-corrected chi connectivity index (χ3v) is 4.11. The lowest BCUT2D eigenvalue weighted by molar-refractivity contribution is -0.115. The normalized spacial score (nSPS) is 12.5. The summed E-state index contributed by atoms with van der Waals surface area (Å²) in [5.74, 6) is 0.520. The van der Waals surface area contributed by atoms with E-state index in [0.717, 1.165) is 11.3 Å². The van der Waals surface area contributed by atoms with E-state index < -0.39 is 5.82 Å². The van der Waals surface area contributed by atoms with Crippen molar-refractivity contribution in [3.8, 4) is 28.6 Å². The summed E-state index contributed by atoms with van der Waals surface area (Å²) in [5, 5.41) is 2.78. The lowest BCUT2D eigenvalue weighted by atomic mass is 10.1. The van der Waals surface area contributed by atoms with Gasteiger partial charge in [-0.2, -0.15) is 0 Å². The predicted octanol–water partition coefficient (Wildman–Crippen LogP) is 4.18. The first-order valence-corrected chi connectivity index (χ1v) is 8.04. The minimum Gasteiger partial charge on any atom is -0.494 e. The molecule has 2 aromatic carbocycles. The molecule has 0 unspecified atom stereocenters. The number of pyridine rings is 1. The van der Waals surface area contributed by atoms with Gasteiger partial charge in [-0.05, 0) is 29.8 Å². The highest BCUT2D eigenvalue weighted by Gasteiger charge is 2.18. The molecule has 5 nitrogen and oxygen atoms in total. The van der Waals surface area contributed by atoms with Crippen LogP contribution in [-0.2, 0) is 11.2 Å². The molecule has 26 heavy (non-hydrogen) atoms. The highest BCUT2D eigenvalue weighted by Crippen LogP contribution is 2.32. The Bertz CT molecular complexity index is 1000. The van der Waals surface area contributed by atoms with Gasteiger partial charge in [0.1, 0.15) is 5.75 Å². The van der Waals surface area contributed by atoms with Crippen molar-refractivity contribution in [2.45, 2.75) is 6.42 Å². The maximum absolute atomic E-state index is 14.5. The smallest absolute Gasteiger partial charge is 0.228 e. The van der Waals surface area contributed by atoms with Gasteiger partial charge < -0.3 is 14.8 Å². The van der Waals surface area contributed by atoms with Crippen molar-refractivity contribution in [1.82, 2.24) is 4.98 Å². The Labute approximate surface area is 149 Å². The number of halogens is 1. The van der Waals surface area contributed by atoms with Gasteiger partial charge in [-0.25, -0.2) is 9.37 Å². The van der Waals surface area contributed by atoms with Gasteiger partial charge in [0.25, 0.3) is 0 Å². The first-order chi connectivity index (χ1) is 12.6. The lowest BCUT2D eigenvalue weighted by Gasteiger charge is -2.10. The van der Waals surface area contributed by atoms with Crippen LogP contribution in [-0.4, -0.2) is 18.0 Å². The van der Waals surface area contributed by atoms with Crippen LogP contribution < -0.4 is 14.8 Å². The van der Waals surface area contributed by atoms with E-state index in [1.165, 1.54) is 7.11 Å². The fraction of sp³-hybridized carbons (Fsp3) is 0.100. The van der Waals surface area contributed by atoms with Gasteiger partial charge in [-0.1, -0.05) is 18.2 Å². The number of carbonyl (C=O) groups excluding carboxylic acids is 1. The van der Waals surface area contributed by atoms with Crippen molar-refractivity contribution >= 4 is 11.6 Å². The Hall–Kier alpha value is -3.41. The van der Waals surface area contributed by atoms with E-state index in [0.29, 0.717) is 29.3 Å². The monoisotopic (exact) mass is 350 g/mol. The van der Waals surface area contributed by atoms with Crippen molar-refractivity contribution < 1.29 is 18.7 Å². The summed E-state index contributed by atoms with van der Waals surface area (Å²) in [6, 6.07) is 15.4. The van der Waals surface area contributed by atoms with Gasteiger partial charge in [0, 0.05) is 23.4 Å². The number of hydrogen-bond donors (Lipinski definition) is 1. The van der Waals surface area contributed by atoms with Crippen molar-refractivity contribution in [3.63, 3.8) is 0 Å². The standard InChI is InChI=1S/C20H15FN2O3/c1-25-17-6-2-4-14(20(17)21)15-5-3-7-19(23-15)26-13-9-8-12-10-18(24)22-16(12)11-13/h2-9,11H,10H2,1H3,(H,22,24). The molecule has 0 saturated carbocycles. The van der Waals surface area contributed by atoms with Crippen molar-refractivity contribution in [1.29, 1.82) is 0 Å². The quantitative estimate of drug-likeness (QED) is 0.767. The summed E-state index contributed by atoms with van der Waals surface area (Å²) in [5.41, 5.74) is 2.44. The second kappa shape index (κ2) is 6.48. The second-order valence-corrected chi connectivity index (χ2v) is 5.83. The molecule has 0 radical (unpaired) electrons. The highest BCUT2D eigenvalue weighted by molar-refractivity contribution is 5.99. The number of amides is 1. The number of nitrogens with zero attached hydrogens (tertiary/aromatic N) is 1. The van der Waals surface area contributed by atoms with Crippen molar-refractivity contribution in [3.05, 3.63) is 66.0 Å². The Morgan fingerprint density at radius 2 is 1.96 bits per heavy atom. The largest absolute Gasteiger partial charge is 0.494 e. The number of aromatic nitrogens is 1. The average Bonchev–Trinajstić information content (AvgIpc) is 3.01. The number of hydrogen-bond acceptors (Lipinski definition) is 4. The minimum atomic E-state index is -0.472. The zero-order valence-corrected chi connectivity index (χ0v) is 14.0. The Kier molecular flexibility index (Phi) is 4.01. The Balaban J connectivity index is 1.63. The van der Waals surface area contributed by atoms with Crippen LogP contribution in [0, 0.1) is 5.82 Å². The van der Waals surface area contributed by atoms with Crippen molar-refractivity contribution in [2.24, 2.45) is 0 Å². The molecule has 6 heteroatoms. The Morgan fingerprint density at radius 1 is 1.12 bits per heavy atom. The predicted molar refractivity (Wildman–Crippen MR) is 95.0 cm³/mol. The molecule has 130 valence electrons. The van der Waals surface area contributed by atoms with Gasteiger partial charge in [0.2, 0.25) is 11.8 Å². The van der Waals surface area contributed by atoms with E-state index in [1.54, 1.807) is 48.5 Å². The van der Waals surface area contributed by atoms with Crippen molar-refractivity contribution in [2.75, 3.05) is 12.4 Å². The first-order valence-electron chi connectivity index (χ1n) is 8.04. The molecular weight excluding hydrogens is 335 g/mol. The number of nitrogens with one attached hydrogen (secondary N) is 1. The molecule has 0 spiro atoms.